The largest absolute Gasteiger partial charge is 0.337 e. The molecule has 1 aromatic heterocycles. The minimum absolute atomic E-state index is 0.160. The number of amides is 1. The van der Waals surface area contributed by atoms with Crippen LogP contribution >= 0.6 is 11.6 Å². The first-order valence-electron chi connectivity index (χ1n) is 4.14. The van der Waals surface area contributed by atoms with Crippen molar-refractivity contribution < 1.29 is 4.79 Å². The second-order valence-corrected chi connectivity index (χ2v) is 3.21. The van der Waals surface area contributed by atoms with Gasteiger partial charge in [-0.15, -0.1) is 6.58 Å². The van der Waals surface area contributed by atoms with E-state index in [9.17, 15) is 4.79 Å². The number of rotatable bonds is 3. The third kappa shape index (κ3) is 2.57. The third-order valence-corrected chi connectivity index (χ3v) is 1.89. The molecule has 0 spiro atoms. The van der Waals surface area contributed by atoms with Gasteiger partial charge in [-0.2, -0.15) is 0 Å². The predicted octanol–water partition coefficient (Wildman–Crippen LogP) is 1.99. The summed E-state index contributed by atoms with van der Waals surface area (Å²) in [5, 5.41) is 0.322. The average Bonchev–Trinajstić information content (AvgIpc) is 2.17. The van der Waals surface area contributed by atoms with Crippen LogP contribution in [0.4, 0.5) is 0 Å². The molecule has 1 amide bonds. The Morgan fingerprint density at radius 1 is 1.71 bits per heavy atom. The van der Waals surface area contributed by atoms with E-state index in [1.165, 1.54) is 4.90 Å². The SMILES string of the molecule is C=CCN(C)C(=O)c1cccc(Cl)n1. The van der Waals surface area contributed by atoms with E-state index in [-0.39, 0.29) is 5.91 Å². The Kier molecular flexibility index (Phi) is 3.65. The molecule has 1 rings (SSSR count). The van der Waals surface area contributed by atoms with Crippen molar-refractivity contribution in [3.63, 3.8) is 0 Å². The minimum Gasteiger partial charge on any atom is -0.337 e. The zero-order valence-corrected chi connectivity index (χ0v) is 8.66. The second-order valence-electron chi connectivity index (χ2n) is 2.82. The Morgan fingerprint density at radius 3 is 3.00 bits per heavy atom. The molecule has 0 saturated heterocycles. The van der Waals surface area contributed by atoms with Gasteiger partial charge in [0.25, 0.3) is 5.91 Å². The van der Waals surface area contributed by atoms with Crippen molar-refractivity contribution in [2.24, 2.45) is 0 Å². The molecule has 74 valence electrons. The van der Waals surface area contributed by atoms with Gasteiger partial charge in [0.15, 0.2) is 0 Å². The van der Waals surface area contributed by atoms with Gasteiger partial charge in [-0.3, -0.25) is 4.79 Å². The van der Waals surface area contributed by atoms with E-state index >= 15 is 0 Å². The Morgan fingerprint density at radius 2 is 2.43 bits per heavy atom. The van der Waals surface area contributed by atoms with Gasteiger partial charge in [0.2, 0.25) is 0 Å². The van der Waals surface area contributed by atoms with E-state index in [1.54, 1.807) is 31.3 Å². The van der Waals surface area contributed by atoms with Crippen molar-refractivity contribution in [3.8, 4) is 0 Å². The van der Waals surface area contributed by atoms with E-state index in [1.807, 2.05) is 0 Å². The van der Waals surface area contributed by atoms with Crippen LogP contribution in [0.2, 0.25) is 5.15 Å². The highest BCUT2D eigenvalue weighted by Crippen LogP contribution is 2.06. The van der Waals surface area contributed by atoms with E-state index in [4.69, 9.17) is 11.6 Å². The summed E-state index contributed by atoms with van der Waals surface area (Å²) in [5.41, 5.74) is 0.349. The molecule has 0 aromatic carbocycles. The molecular formula is C10H11ClN2O. The molecule has 0 aliphatic rings. The second kappa shape index (κ2) is 4.77. The fourth-order valence-corrected chi connectivity index (χ4v) is 1.16. The summed E-state index contributed by atoms with van der Waals surface area (Å²) < 4.78 is 0. The lowest BCUT2D eigenvalue weighted by molar-refractivity contribution is 0.0804. The first-order valence-corrected chi connectivity index (χ1v) is 4.52. The highest BCUT2D eigenvalue weighted by molar-refractivity contribution is 6.29. The zero-order chi connectivity index (χ0) is 10.6. The first-order chi connectivity index (χ1) is 6.65. The lowest BCUT2D eigenvalue weighted by Crippen LogP contribution is -2.27. The lowest BCUT2D eigenvalue weighted by Gasteiger charge is -2.13. The van der Waals surface area contributed by atoms with Crippen molar-refractivity contribution in [2.75, 3.05) is 13.6 Å². The molecular weight excluding hydrogens is 200 g/mol. The van der Waals surface area contributed by atoms with Gasteiger partial charge < -0.3 is 4.90 Å². The van der Waals surface area contributed by atoms with Crippen LogP contribution in [0.15, 0.2) is 30.9 Å². The van der Waals surface area contributed by atoms with Crippen LogP contribution in [0.25, 0.3) is 0 Å². The number of aromatic nitrogens is 1. The van der Waals surface area contributed by atoms with E-state index in [0.29, 0.717) is 17.4 Å². The maximum absolute atomic E-state index is 11.6. The standard InChI is InChI=1S/C10H11ClN2O/c1-3-7-13(2)10(14)8-5-4-6-9(11)12-8/h3-6H,1,7H2,2H3. The van der Waals surface area contributed by atoms with E-state index in [0.717, 1.165) is 0 Å². The van der Waals surface area contributed by atoms with Gasteiger partial charge in [0, 0.05) is 13.6 Å². The third-order valence-electron chi connectivity index (χ3n) is 1.68. The first kappa shape index (κ1) is 10.7. The summed E-state index contributed by atoms with van der Waals surface area (Å²) in [6.45, 7) is 4.05. The van der Waals surface area contributed by atoms with Crippen molar-refractivity contribution in [1.29, 1.82) is 0 Å². The highest BCUT2D eigenvalue weighted by atomic mass is 35.5. The number of carbonyl (C=O) groups excluding carboxylic acids is 1. The lowest BCUT2D eigenvalue weighted by atomic mass is 10.3. The quantitative estimate of drug-likeness (QED) is 0.565. The van der Waals surface area contributed by atoms with Crippen LogP contribution in [0, 0.1) is 0 Å². The molecule has 0 fully saturated rings. The van der Waals surface area contributed by atoms with Gasteiger partial charge in [0.1, 0.15) is 10.8 Å². The van der Waals surface area contributed by atoms with E-state index < -0.39 is 0 Å². The number of pyridine rings is 1. The number of hydrogen-bond donors (Lipinski definition) is 0. The number of hydrogen-bond acceptors (Lipinski definition) is 2. The minimum atomic E-state index is -0.160. The average molecular weight is 211 g/mol. The van der Waals surface area contributed by atoms with Crippen LogP contribution in [0.3, 0.4) is 0 Å². The number of likely N-dealkylation sites (N-methyl/N-ethyl adjacent to an activating group) is 1. The monoisotopic (exact) mass is 210 g/mol. The fourth-order valence-electron chi connectivity index (χ4n) is 0.999. The summed E-state index contributed by atoms with van der Waals surface area (Å²) in [5.74, 6) is -0.160. The van der Waals surface area contributed by atoms with Gasteiger partial charge in [-0.25, -0.2) is 4.98 Å². The molecule has 3 nitrogen and oxygen atoms in total. The number of halogens is 1. The maximum Gasteiger partial charge on any atom is 0.272 e. The summed E-state index contributed by atoms with van der Waals surface area (Å²) in [4.78, 5) is 17.1. The smallest absolute Gasteiger partial charge is 0.272 e. The predicted molar refractivity (Wildman–Crippen MR) is 56.4 cm³/mol. The Labute approximate surface area is 88.0 Å². The maximum atomic E-state index is 11.6. The van der Waals surface area contributed by atoms with Gasteiger partial charge in [0.05, 0.1) is 0 Å². The summed E-state index contributed by atoms with van der Waals surface area (Å²) >= 11 is 5.67. The van der Waals surface area contributed by atoms with Gasteiger partial charge in [-0.1, -0.05) is 23.7 Å². The molecule has 0 bridgehead atoms. The van der Waals surface area contributed by atoms with E-state index in [2.05, 4.69) is 11.6 Å². The van der Waals surface area contributed by atoms with Gasteiger partial charge in [-0.05, 0) is 12.1 Å². The van der Waals surface area contributed by atoms with Crippen LogP contribution in [-0.4, -0.2) is 29.4 Å². The molecule has 1 aromatic rings. The van der Waals surface area contributed by atoms with Crippen molar-refractivity contribution in [1.82, 2.24) is 9.88 Å². The van der Waals surface area contributed by atoms with Gasteiger partial charge >= 0.3 is 0 Å². The number of nitrogens with zero attached hydrogens (tertiary/aromatic N) is 2. The normalized spacial score (nSPS) is 9.57. The molecule has 1 heterocycles. The highest BCUT2D eigenvalue weighted by Gasteiger charge is 2.11. The Bertz CT molecular complexity index is 352. The molecule has 0 unspecified atom stereocenters. The topological polar surface area (TPSA) is 33.2 Å². The molecule has 0 saturated carbocycles. The van der Waals surface area contributed by atoms with Crippen molar-refractivity contribution in [3.05, 3.63) is 41.7 Å². The molecule has 14 heavy (non-hydrogen) atoms. The molecule has 0 aliphatic heterocycles. The molecule has 4 heteroatoms. The Balaban J connectivity index is 2.83. The summed E-state index contributed by atoms with van der Waals surface area (Å²) in [6, 6.07) is 4.96. The van der Waals surface area contributed by atoms with Crippen LogP contribution in [0.5, 0.6) is 0 Å². The molecule has 0 N–H and O–H groups in total. The van der Waals surface area contributed by atoms with Crippen LogP contribution < -0.4 is 0 Å². The van der Waals surface area contributed by atoms with Crippen LogP contribution in [-0.2, 0) is 0 Å². The number of carbonyl (C=O) groups is 1. The molecule has 0 radical (unpaired) electrons. The Hall–Kier alpha value is -1.35. The molecule has 0 aliphatic carbocycles. The zero-order valence-electron chi connectivity index (χ0n) is 7.90. The van der Waals surface area contributed by atoms with Crippen LogP contribution in [0.1, 0.15) is 10.5 Å². The van der Waals surface area contributed by atoms with Crippen molar-refractivity contribution in [2.45, 2.75) is 0 Å². The fraction of sp³-hybridized carbons (Fsp3) is 0.200. The van der Waals surface area contributed by atoms with Crippen molar-refractivity contribution >= 4 is 17.5 Å². The summed E-state index contributed by atoms with van der Waals surface area (Å²) in [6.07, 6.45) is 1.66. The summed E-state index contributed by atoms with van der Waals surface area (Å²) in [7, 11) is 1.69. The molecule has 0 atom stereocenters.